The highest BCUT2D eigenvalue weighted by atomic mass is 79.9. The van der Waals surface area contributed by atoms with E-state index >= 15 is 0 Å². The first-order valence-corrected chi connectivity index (χ1v) is 5.68. The van der Waals surface area contributed by atoms with Crippen molar-refractivity contribution in [2.75, 3.05) is 0 Å². The van der Waals surface area contributed by atoms with Crippen LogP contribution >= 0.6 is 15.9 Å². The van der Waals surface area contributed by atoms with Gasteiger partial charge in [0.25, 0.3) is 0 Å². The average molecular weight is 312 g/mol. The molecule has 6 heteroatoms. The molecule has 4 nitrogen and oxygen atoms in total. The fourth-order valence-electron chi connectivity index (χ4n) is 1.30. The molecule has 92 valence electrons. The van der Waals surface area contributed by atoms with Crippen molar-refractivity contribution in [1.82, 2.24) is 4.98 Å². The summed E-state index contributed by atoms with van der Waals surface area (Å²) in [6.07, 6.45) is 1.37. The number of halogens is 2. The summed E-state index contributed by atoms with van der Waals surface area (Å²) in [6.45, 7) is 0. The van der Waals surface area contributed by atoms with E-state index in [4.69, 9.17) is 9.84 Å². The lowest BCUT2D eigenvalue weighted by Crippen LogP contribution is -2.02. The molecule has 1 aromatic heterocycles. The summed E-state index contributed by atoms with van der Waals surface area (Å²) < 4.78 is 19.3. The van der Waals surface area contributed by atoms with Crippen molar-refractivity contribution in [2.45, 2.75) is 0 Å². The van der Waals surface area contributed by atoms with E-state index in [2.05, 4.69) is 20.9 Å². The Labute approximate surface area is 110 Å². The van der Waals surface area contributed by atoms with Gasteiger partial charge in [0, 0.05) is 10.7 Å². The number of pyridine rings is 1. The minimum atomic E-state index is -1.18. The number of hydrogen-bond acceptors (Lipinski definition) is 3. The summed E-state index contributed by atoms with van der Waals surface area (Å²) in [7, 11) is 0. The number of aromatic nitrogens is 1. The van der Waals surface area contributed by atoms with Crippen molar-refractivity contribution in [3.63, 3.8) is 0 Å². The molecule has 0 aliphatic rings. The summed E-state index contributed by atoms with van der Waals surface area (Å²) in [5.74, 6) is -2.02. The molecule has 0 radical (unpaired) electrons. The second-order valence-corrected chi connectivity index (χ2v) is 4.25. The summed E-state index contributed by atoms with van der Waals surface area (Å²) in [4.78, 5) is 14.7. The molecular weight excluding hydrogens is 305 g/mol. The van der Waals surface area contributed by atoms with E-state index in [9.17, 15) is 9.18 Å². The van der Waals surface area contributed by atoms with Gasteiger partial charge >= 0.3 is 5.97 Å². The third-order valence-electron chi connectivity index (χ3n) is 2.10. The Balaban J connectivity index is 2.37. The Bertz CT molecular complexity index is 604. The van der Waals surface area contributed by atoms with E-state index in [-0.39, 0.29) is 17.2 Å². The minimum absolute atomic E-state index is 0.0839. The SMILES string of the molecule is O=C(O)c1cccnc1Oc1ccc(Br)cc1F. The maximum Gasteiger partial charge on any atom is 0.341 e. The maximum absolute atomic E-state index is 13.5. The van der Waals surface area contributed by atoms with Crippen LogP contribution in [0.5, 0.6) is 11.6 Å². The van der Waals surface area contributed by atoms with Crippen LogP contribution < -0.4 is 4.74 Å². The van der Waals surface area contributed by atoms with E-state index < -0.39 is 11.8 Å². The molecule has 0 bridgehead atoms. The van der Waals surface area contributed by atoms with Crippen molar-refractivity contribution in [3.05, 3.63) is 52.4 Å². The zero-order valence-electron chi connectivity index (χ0n) is 8.93. The lowest BCUT2D eigenvalue weighted by atomic mass is 10.3. The molecule has 18 heavy (non-hydrogen) atoms. The quantitative estimate of drug-likeness (QED) is 0.943. The molecule has 0 saturated carbocycles. The summed E-state index contributed by atoms with van der Waals surface area (Å²) in [5.41, 5.74) is -0.125. The van der Waals surface area contributed by atoms with Crippen LogP contribution in [-0.4, -0.2) is 16.1 Å². The number of carbonyl (C=O) groups is 1. The largest absolute Gasteiger partial charge is 0.477 e. The Morgan fingerprint density at radius 2 is 2.17 bits per heavy atom. The predicted molar refractivity (Wildman–Crippen MR) is 65.4 cm³/mol. The third-order valence-corrected chi connectivity index (χ3v) is 2.60. The molecule has 1 heterocycles. The van der Waals surface area contributed by atoms with Crippen LogP contribution in [0.15, 0.2) is 41.0 Å². The van der Waals surface area contributed by atoms with Crippen LogP contribution in [0.1, 0.15) is 10.4 Å². The fourth-order valence-corrected chi connectivity index (χ4v) is 1.63. The van der Waals surface area contributed by atoms with Gasteiger partial charge in [-0.15, -0.1) is 0 Å². The lowest BCUT2D eigenvalue weighted by molar-refractivity contribution is 0.0693. The molecule has 0 unspecified atom stereocenters. The number of carboxylic acids is 1. The molecule has 1 N–H and O–H groups in total. The van der Waals surface area contributed by atoms with Crippen LogP contribution in [-0.2, 0) is 0 Å². The van der Waals surface area contributed by atoms with Gasteiger partial charge in [-0.1, -0.05) is 15.9 Å². The van der Waals surface area contributed by atoms with Crippen LogP contribution in [0.3, 0.4) is 0 Å². The van der Waals surface area contributed by atoms with Crippen molar-refractivity contribution in [3.8, 4) is 11.6 Å². The molecule has 0 spiro atoms. The van der Waals surface area contributed by atoms with E-state index in [0.29, 0.717) is 4.47 Å². The number of aromatic carboxylic acids is 1. The predicted octanol–water partition coefficient (Wildman–Crippen LogP) is 3.47. The highest BCUT2D eigenvalue weighted by molar-refractivity contribution is 9.10. The summed E-state index contributed by atoms with van der Waals surface area (Å²) >= 11 is 3.11. The second-order valence-electron chi connectivity index (χ2n) is 3.34. The van der Waals surface area contributed by atoms with Gasteiger partial charge in [-0.3, -0.25) is 0 Å². The standard InChI is InChI=1S/C12H7BrFNO3/c13-7-3-4-10(9(14)6-7)18-11-8(12(16)17)2-1-5-15-11/h1-6H,(H,16,17). The number of benzene rings is 1. The summed E-state index contributed by atoms with van der Waals surface area (Å²) in [5, 5.41) is 8.94. The molecule has 0 amide bonds. The molecular formula is C12H7BrFNO3. The van der Waals surface area contributed by atoms with Gasteiger partial charge in [0.15, 0.2) is 11.6 Å². The molecule has 0 aliphatic carbocycles. The van der Waals surface area contributed by atoms with Crippen molar-refractivity contribution < 1.29 is 19.0 Å². The first kappa shape index (κ1) is 12.5. The average Bonchev–Trinajstić information content (AvgIpc) is 2.33. The van der Waals surface area contributed by atoms with Gasteiger partial charge in [0.05, 0.1) is 0 Å². The third kappa shape index (κ3) is 2.65. The monoisotopic (exact) mass is 311 g/mol. The fraction of sp³-hybridized carbons (Fsp3) is 0. The van der Waals surface area contributed by atoms with Gasteiger partial charge in [-0.2, -0.15) is 0 Å². The number of ether oxygens (including phenoxy) is 1. The van der Waals surface area contributed by atoms with Crippen molar-refractivity contribution >= 4 is 21.9 Å². The van der Waals surface area contributed by atoms with Crippen LogP contribution in [0.4, 0.5) is 4.39 Å². The summed E-state index contributed by atoms with van der Waals surface area (Å²) in [6, 6.07) is 7.00. The Morgan fingerprint density at radius 1 is 1.39 bits per heavy atom. The van der Waals surface area contributed by atoms with E-state index in [1.54, 1.807) is 6.07 Å². The Morgan fingerprint density at radius 3 is 2.83 bits per heavy atom. The van der Waals surface area contributed by atoms with Crippen LogP contribution in [0.2, 0.25) is 0 Å². The molecule has 0 fully saturated rings. The molecule has 0 aliphatic heterocycles. The first-order chi connectivity index (χ1) is 8.58. The second kappa shape index (κ2) is 5.14. The smallest absolute Gasteiger partial charge is 0.341 e. The van der Waals surface area contributed by atoms with Gasteiger partial charge in [0.2, 0.25) is 5.88 Å². The number of hydrogen-bond donors (Lipinski definition) is 1. The number of nitrogens with zero attached hydrogens (tertiary/aromatic N) is 1. The van der Waals surface area contributed by atoms with Crippen LogP contribution in [0, 0.1) is 5.82 Å². The molecule has 0 atom stereocenters. The zero-order valence-corrected chi connectivity index (χ0v) is 10.5. The maximum atomic E-state index is 13.5. The lowest BCUT2D eigenvalue weighted by Gasteiger charge is -2.08. The molecule has 1 aromatic carbocycles. The number of rotatable bonds is 3. The highest BCUT2D eigenvalue weighted by Crippen LogP contribution is 2.27. The molecule has 2 aromatic rings. The molecule has 0 saturated heterocycles. The van der Waals surface area contributed by atoms with Gasteiger partial charge in [0.1, 0.15) is 5.56 Å². The van der Waals surface area contributed by atoms with Gasteiger partial charge in [-0.05, 0) is 30.3 Å². The normalized spacial score (nSPS) is 10.1. The van der Waals surface area contributed by atoms with E-state index in [0.717, 1.165) is 0 Å². The van der Waals surface area contributed by atoms with Gasteiger partial charge in [-0.25, -0.2) is 14.2 Å². The van der Waals surface area contributed by atoms with Crippen molar-refractivity contribution in [2.24, 2.45) is 0 Å². The topological polar surface area (TPSA) is 59.4 Å². The van der Waals surface area contributed by atoms with Crippen LogP contribution in [0.25, 0.3) is 0 Å². The van der Waals surface area contributed by atoms with E-state index in [1.165, 1.54) is 30.5 Å². The Kier molecular flexibility index (Phi) is 3.57. The van der Waals surface area contributed by atoms with E-state index in [1.807, 2.05) is 0 Å². The number of carboxylic acid groups (broad SMARTS) is 1. The molecule has 2 rings (SSSR count). The first-order valence-electron chi connectivity index (χ1n) is 4.89. The zero-order chi connectivity index (χ0) is 13.1. The van der Waals surface area contributed by atoms with Gasteiger partial charge < -0.3 is 9.84 Å². The minimum Gasteiger partial charge on any atom is -0.477 e. The Hall–Kier alpha value is -1.95. The van der Waals surface area contributed by atoms with Crippen molar-refractivity contribution in [1.29, 1.82) is 0 Å². The highest BCUT2D eigenvalue weighted by Gasteiger charge is 2.14.